The van der Waals surface area contributed by atoms with Gasteiger partial charge in [-0.05, 0) is 29.2 Å². The number of carbonyl (C=O) groups is 6. The third-order valence-corrected chi connectivity index (χ3v) is 10.1. The van der Waals surface area contributed by atoms with E-state index in [1.165, 1.54) is 6.92 Å². The number of benzene rings is 3. The summed E-state index contributed by atoms with van der Waals surface area (Å²) in [4.78, 5) is 80.3. The van der Waals surface area contributed by atoms with Gasteiger partial charge in [-0.3, -0.25) is 24.0 Å². The molecule has 64 heavy (non-hydrogen) atoms. The van der Waals surface area contributed by atoms with E-state index in [0.717, 1.165) is 27.6 Å². The van der Waals surface area contributed by atoms with E-state index in [9.17, 15) is 57.6 Å². The molecule has 1 aromatic heterocycles. The van der Waals surface area contributed by atoms with Crippen LogP contribution in [0.5, 0.6) is 0 Å². The van der Waals surface area contributed by atoms with Crippen molar-refractivity contribution in [2.45, 2.75) is 87.3 Å². The first-order chi connectivity index (χ1) is 30.4. The van der Waals surface area contributed by atoms with Gasteiger partial charge in [-0.15, -0.1) is 0 Å². The van der Waals surface area contributed by atoms with E-state index in [1.54, 1.807) is 6.20 Å². The average Bonchev–Trinajstić information content (AvgIpc) is 3.67. The third kappa shape index (κ3) is 15.4. The molecule has 2 heterocycles. The molecule has 0 aliphatic carbocycles. The molecule has 346 valence electrons. The molecular weight excluding hydrogens is 848 g/mol. The second-order valence-corrected chi connectivity index (χ2v) is 15.1. The first-order valence-corrected chi connectivity index (χ1v) is 20.1. The number of halogens is 3. The van der Waals surface area contributed by atoms with E-state index in [4.69, 9.17) is 9.90 Å². The lowest BCUT2D eigenvalue weighted by atomic mass is 9.99. The number of aromatic amines is 1. The Morgan fingerprint density at radius 2 is 1.33 bits per heavy atom. The number of amides is 5. The fraction of sp³-hybridized carbons (Fsp3) is 0.395. The summed E-state index contributed by atoms with van der Waals surface area (Å²) < 4.78 is 31.7. The Labute approximate surface area is 365 Å². The largest absolute Gasteiger partial charge is 0.490 e. The van der Waals surface area contributed by atoms with Crippen molar-refractivity contribution >= 4 is 46.4 Å². The maximum atomic E-state index is 14.3. The van der Waals surface area contributed by atoms with Crippen LogP contribution in [0.4, 0.5) is 13.2 Å². The minimum absolute atomic E-state index is 0.0318. The SMILES string of the molecule is CC(=O)N[C@@H](CN[C@@H]1CC(=O)N[C@@H](Cc2c[nH]c3ccccc23)C(=O)N[C@@H](Cc2ccccc2)C(=O)N[C@H](Cc2ccccc2)CNC1=O)[C@@H](O)[C@H](O)[C@H](O)CO.O=C(O)C(F)(F)F. The van der Waals surface area contributed by atoms with E-state index in [-0.39, 0.29) is 25.9 Å². The summed E-state index contributed by atoms with van der Waals surface area (Å²) in [6, 6.07) is 20.4. The number of aromatic nitrogens is 1. The molecule has 0 unspecified atom stereocenters. The molecule has 0 radical (unpaired) electrons. The number of carbonyl (C=O) groups excluding carboxylic acids is 5. The Balaban J connectivity index is 0.00000118. The van der Waals surface area contributed by atoms with Gasteiger partial charge in [0.25, 0.3) is 0 Å². The van der Waals surface area contributed by atoms with Gasteiger partial charge in [0.2, 0.25) is 29.5 Å². The van der Waals surface area contributed by atoms with E-state index >= 15 is 0 Å². The summed E-state index contributed by atoms with van der Waals surface area (Å²) in [6.45, 7) is -0.148. The van der Waals surface area contributed by atoms with E-state index in [2.05, 4.69) is 36.9 Å². The topological polar surface area (TPSA) is 292 Å². The van der Waals surface area contributed by atoms with Crippen LogP contribution < -0.4 is 31.9 Å². The number of fused-ring (bicyclic) bond motifs is 1. The first kappa shape index (κ1) is 50.3. The second-order valence-electron chi connectivity index (χ2n) is 15.1. The highest BCUT2D eigenvalue weighted by Crippen LogP contribution is 2.20. The average molecular weight is 900 g/mol. The predicted octanol–water partition coefficient (Wildman–Crippen LogP) is -0.659. The number of H-pyrrole nitrogens is 1. The molecule has 8 atom stereocenters. The summed E-state index contributed by atoms with van der Waals surface area (Å²) in [5.41, 5.74) is 3.20. The number of hydrogen-bond acceptors (Lipinski definition) is 11. The zero-order chi connectivity index (χ0) is 47.0. The van der Waals surface area contributed by atoms with E-state index < -0.39 is 103 Å². The maximum Gasteiger partial charge on any atom is 0.490 e. The van der Waals surface area contributed by atoms with Gasteiger partial charge >= 0.3 is 12.1 Å². The lowest BCUT2D eigenvalue weighted by Crippen LogP contribution is -2.60. The zero-order valence-electron chi connectivity index (χ0n) is 34.5. The van der Waals surface area contributed by atoms with Crippen LogP contribution in [0.2, 0.25) is 0 Å². The van der Waals surface area contributed by atoms with Gasteiger partial charge in [0, 0.05) is 50.0 Å². The van der Waals surface area contributed by atoms with E-state index in [1.807, 2.05) is 84.9 Å². The van der Waals surface area contributed by atoms with Gasteiger partial charge in [-0.2, -0.15) is 13.2 Å². The van der Waals surface area contributed by atoms with Crippen molar-refractivity contribution in [2.24, 2.45) is 0 Å². The molecule has 18 nitrogen and oxygen atoms in total. The summed E-state index contributed by atoms with van der Waals surface area (Å²) in [5, 5.41) is 65.3. The molecular formula is C43H52F3N7O11. The molecule has 0 bridgehead atoms. The number of para-hydroxylation sites is 1. The molecule has 5 amide bonds. The zero-order valence-corrected chi connectivity index (χ0v) is 34.5. The van der Waals surface area contributed by atoms with Crippen molar-refractivity contribution in [3.05, 3.63) is 108 Å². The van der Waals surface area contributed by atoms with Crippen molar-refractivity contribution in [3.8, 4) is 0 Å². The molecule has 21 heteroatoms. The standard InChI is InChI=1S/C41H51N7O9.C2HF3O2/c1-24(50)45-34(37(53)38(54)35(51)23-49)22-43-31-19-36(52)47-33(18-27-20-42-30-15-9-8-14-29(27)30)41(57)48-32(17-26-12-6-3-7-13-26)40(56)46-28(21-44-39(31)55)16-25-10-4-2-5-11-25;3-2(4,5)1(6)7/h2-15,20,28,31-35,37-38,42-43,49,51,53-54H,16-19,21-23H2,1H3,(H,44,55)(H,45,50)(H,46,56)(H,47,52)(H,48,57);(H,6,7)/t28-,31-,32+,33+,34+,35-,37-,38-;/m1./s1. The fourth-order valence-electron chi connectivity index (χ4n) is 6.84. The highest BCUT2D eigenvalue weighted by Gasteiger charge is 2.38. The molecule has 12 N–H and O–H groups in total. The highest BCUT2D eigenvalue weighted by atomic mass is 19.4. The van der Waals surface area contributed by atoms with Crippen molar-refractivity contribution in [3.63, 3.8) is 0 Å². The smallest absolute Gasteiger partial charge is 0.475 e. The molecule has 1 saturated heterocycles. The number of nitrogens with one attached hydrogen (secondary N) is 7. The van der Waals surface area contributed by atoms with Crippen molar-refractivity contribution in [2.75, 3.05) is 19.7 Å². The van der Waals surface area contributed by atoms with Gasteiger partial charge in [-0.1, -0.05) is 78.9 Å². The van der Waals surface area contributed by atoms with Crippen LogP contribution in [-0.4, -0.2) is 140 Å². The van der Waals surface area contributed by atoms with Crippen LogP contribution >= 0.6 is 0 Å². The van der Waals surface area contributed by atoms with Crippen LogP contribution in [0, 0.1) is 0 Å². The van der Waals surface area contributed by atoms with Gasteiger partial charge in [-0.25, -0.2) is 4.79 Å². The van der Waals surface area contributed by atoms with Gasteiger partial charge < -0.3 is 62.4 Å². The van der Waals surface area contributed by atoms with Crippen molar-refractivity contribution in [1.82, 2.24) is 36.9 Å². The van der Waals surface area contributed by atoms with Crippen LogP contribution in [0.15, 0.2) is 91.1 Å². The fourth-order valence-corrected chi connectivity index (χ4v) is 6.84. The van der Waals surface area contributed by atoms with Crippen molar-refractivity contribution < 1.29 is 67.5 Å². The Morgan fingerprint density at radius 3 is 1.92 bits per heavy atom. The molecule has 0 saturated carbocycles. The molecule has 1 aliphatic heterocycles. The Kier molecular flexibility index (Phi) is 18.8. The Hall–Kier alpha value is -6.39. The normalized spacial score (nSPS) is 20.7. The lowest BCUT2D eigenvalue weighted by Gasteiger charge is -2.31. The third-order valence-electron chi connectivity index (χ3n) is 10.1. The number of aliphatic hydroxyl groups is 4. The number of carboxylic acid groups (broad SMARTS) is 1. The summed E-state index contributed by atoms with van der Waals surface area (Å²) in [5.74, 6) is -5.84. The predicted molar refractivity (Wildman–Crippen MR) is 224 cm³/mol. The second kappa shape index (κ2) is 23.9. The Morgan fingerprint density at radius 1 is 0.766 bits per heavy atom. The molecule has 0 spiro atoms. The number of rotatable bonds is 14. The quantitative estimate of drug-likeness (QED) is 0.0752. The number of alkyl halides is 3. The number of hydrogen-bond donors (Lipinski definition) is 12. The monoisotopic (exact) mass is 899 g/mol. The number of aliphatic carboxylic acids is 1. The molecule has 1 fully saturated rings. The maximum absolute atomic E-state index is 14.3. The minimum Gasteiger partial charge on any atom is -0.475 e. The highest BCUT2D eigenvalue weighted by molar-refractivity contribution is 5.95. The van der Waals surface area contributed by atoms with Crippen LogP contribution in [0.3, 0.4) is 0 Å². The molecule has 3 aromatic carbocycles. The molecule has 4 aromatic rings. The van der Waals surface area contributed by atoms with Crippen LogP contribution in [-0.2, 0) is 48.0 Å². The summed E-state index contributed by atoms with van der Waals surface area (Å²) in [6.07, 6.45) is -8.75. The van der Waals surface area contributed by atoms with Crippen LogP contribution in [0.25, 0.3) is 10.9 Å². The number of carboxylic acids is 1. The van der Waals surface area contributed by atoms with Gasteiger partial charge in [0.05, 0.1) is 31.2 Å². The minimum atomic E-state index is -5.08. The van der Waals surface area contributed by atoms with Crippen LogP contribution in [0.1, 0.15) is 30.0 Å². The molecule has 5 rings (SSSR count). The first-order valence-electron chi connectivity index (χ1n) is 20.1. The summed E-state index contributed by atoms with van der Waals surface area (Å²) >= 11 is 0. The summed E-state index contributed by atoms with van der Waals surface area (Å²) in [7, 11) is 0. The van der Waals surface area contributed by atoms with Crippen molar-refractivity contribution in [1.29, 1.82) is 0 Å². The van der Waals surface area contributed by atoms with Gasteiger partial charge in [0.1, 0.15) is 30.4 Å². The number of aliphatic hydroxyl groups excluding tert-OH is 4. The lowest BCUT2D eigenvalue weighted by molar-refractivity contribution is -0.192. The Bertz CT molecular complexity index is 2180. The molecule has 1 aliphatic rings. The van der Waals surface area contributed by atoms with Gasteiger partial charge in [0.15, 0.2) is 0 Å². The van der Waals surface area contributed by atoms with E-state index in [0.29, 0.717) is 6.42 Å².